The van der Waals surface area contributed by atoms with Gasteiger partial charge in [-0.3, -0.25) is 4.90 Å². The summed E-state index contributed by atoms with van der Waals surface area (Å²) < 4.78 is 32.1. The summed E-state index contributed by atoms with van der Waals surface area (Å²) in [6, 6.07) is 9.77. The molecule has 2 heterocycles. The van der Waals surface area contributed by atoms with Crippen molar-refractivity contribution in [2.24, 2.45) is 5.92 Å². The van der Waals surface area contributed by atoms with Crippen LogP contribution in [-0.2, 0) is 21.3 Å². The molecule has 1 aromatic carbocycles. The molecule has 2 aromatic rings. The number of benzene rings is 1. The van der Waals surface area contributed by atoms with Gasteiger partial charge in [0.15, 0.2) is 0 Å². The smallest absolute Gasteiger partial charge is 0.354 e. The van der Waals surface area contributed by atoms with Crippen molar-refractivity contribution >= 4 is 16.0 Å². The summed E-state index contributed by atoms with van der Waals surface area (Å²) in [4.78, 5) is 16.5. The van der Waals surface area contributed by atoms with E-state index in [9.17, 15) is 13.2 Å². The van der Waals surface area contributed by atoms with Crippen LogP contribution in [0.15, 0.2) is 41.4 Å². The highest BCUT2D eigenvalue weighted by Crippen LogP contribution is 2.19. The molecule has 7 nitrogen and oxygen atoms in total. The van der Waals surface area contributed by atoms with Gasteiger partial charge in [-0.15, -0.1) is 0 Å². The molecular weight excluding hydrogens is 366 g/mol. The molecule has 1 saturated heterocycles. The summed E-state index contributed by atoms with van der Waals surface area (Å²) in [5.41, 5.74) is 2.63. The average molecular weight is 391 g/mol. The van der Waals surface area contributed by atoms with Gasteiger partial charge >= 0.3 is 5.97 Å². The Kier molecular flexibility index (Phi) is 5.98. The number of H-pyrrole nitrogens is 1. The van der Waals surface area contributed by atoms with E-state index < -0.39 is 16.0 Å². The molecule has 0 spiro atoms. The number of nitrogens with one attached hydrogen (secondary N) is 2. The molecule has 3 rings (SSSR count). The second-order valence-corrected chi connectivity index (χ2v) is 8.73. The summed E-state index contributed by atoms with van der Waals surface area (Å²) in [6.07, 6.45) is 2.25. The lowest BCUT2D eigenvalue weighted by Gasteiger charge is -2.16. The third-order valence-electron chi connectivity index (χ3n) is 4.83. The highest BCUT2D eigenvalue weighted by Gasteiger charge is 2.25. The predicted octanol–water partition coefficient (Wildman–Crippen LogP) is 1.91. The Morgan fingerprint density at radius 2 is 2.07 bits per heavy atom. The lowest BCUT2D eigenvalue weighted by Crippen LogP contribution is -2.30. The minimum Gasteiger partial charge on any atom is -0.464 e. The van der Waals surface area contributed by atoms with E-state index in [-0.39, 0.29) is 16.5 Å². The normalized spacial score (nSPS) is 17.9. The van der Waals surface area contributed by atoms with Crippen LogP contribution in [0.3, 0.4) is 0 Å². The number of hydrogen-bond acceptors (Lipinski definition) is 5. The molecular formula is C19H25N3O4S. The van der Waals surface area contributed by atoms with Crippen LogP contribution >= 0.6 is 0 Å². The lowest BCUT2D eigenvalue weighted by molar-refractivity contribution is 0.0594. The van der Waals surface area contributed by atoms with Gasteiger partial charge < -0.3 is 9.72 Å². The van der Waals surface area contributed by atoms with E-state index in [1.165, 1.54) is 30.5 Å². The first-order valence-electron chi connectivity index (χ1n) is 8.91. The van der Waals surface area contributed by atoms with Crippen LogP contribution in [0, 0.1) is 12.8 Å². The van der Waals surface area contributed by atoms with E-state index in [4.69, 9.17) is 0 Å². The number of ether oxygens (including phenoxy) is 1. The third kappa shape index (κ3) is 4.97. The summed E-state index contributed by atoms with van der Waals surface area (Å²) in [5.74, 6) is -0.330. The molecule has 1 atom stereocenters. The molecule has 1 aliphatic rings. The van der Waals surface area contributed by atoms with Gasteiger partial charge in [-0.2, -0.15) is 0 Å². The first-order valence-corrected chi connectivity index (χ1v) is 10.4. The molecule has 8 heteroatoms. The highest BCUT2D eigenvalue weighted by molar-refractivity contribution is 7.89. The topological polar surface area (TPSA) is 91.5 Å². The largest absolute Gasteiger partial charge is 0.464 e. The molecule has 0 bridgehead atoms. The monoisotopic (exact) mass is 391 g/mol. The minimum absolute atomic E-state index is 0.0393. The van der Waals surface area contributed by atoms with Crippen LogP contribution in [0.1, 0.15) is 28.0 Å². The van der Waals surface area contributed by atoms with E-state index in [0.717, 1.165) is 26.1 Å². The van der Waals surface area contributed by atoms with Crippen molar-refractivity contribution in [1.29, 1.82) is 0 Å². The second-order valence-electron chi connectivity index (χ2n) is 6.97. The van der Waals surface area contributed by atoms with Crippen LogP contribution in [0.4, 0.5) is 0 Å². The predicted molar refractivity (Wildman–Crippen MR) is 102 cm³/mol. The Morgan fingerprint density at radius 1 is 1.33 bits per heavy atom. The number of aromatic nitrogens is 1. The number of nitrogens with zero attached hydrogens (tertiary/aromatic N) is 1. The number of hydrogen-bond donors (Lipinski definition) is 2. The number of likely N-dealkylation sites (tertiary alicyclic amines) is 1. The van der Waals surface area contributed by atoms with E-state index in [0.29, 0.717) is 6.54 Å². The fourth-order valence-electron chi connectivity index (χ4n) is 3.24. The maximum absolute atomic E-state index is 12.4. The van der Waals surface area contributed by atoms with Crippen molar-refractivity contribution in [3.8, 4) is 0 Å². The van der Waals surface area contributed by atoms with E-state index in [1.807, 2.05) is 0 Å². The summed E-state index contributed by atoms with van der Waals surface area (Å²) in [6.45, 7) is 5.14. The van der Waals surface area contributed by atoms with Gasteiger partial charge in [-0.25, -0.2) is 17.9 Å². The SMILES string of the molecule is COC(=O)c1cc(S(=O)(=O)NCC2CCN(Cc3ccc(C)cc3)C2)c[nH]1. The third-order valence-corrected chi connectivity index (χ3v) is 6.23. The Hall–Kier alpha value is -2.16. The average Bonchev–Trinajstić information content (AvgIpc) is 3.31. The van der Waals surface area contributed by atoms with E-state index >= 15 is 0 Å². The molecule has 2 N–H and O–H groups in total. The van der Waals surface area contributed by atoms with Gasteiger partial charge in [0, 0.05) is 25.8 Å². The molecule has 1 unspecified atom stereocenters. The quantitative estimate of drug-likeness (QED) is 0.704. The van der Waals surface area contributed by atoms with Gasteiger partial charge in [0.1, 0.15) is 10.6 Å². The number of sulfonamides is 1. The zero-order chi connectivity index (χ0) is 19.4. The van der Waals surface area contributed by atoms with E-state index in [1.54, 1.807) is 0 Å². The van der Waals surface area contributed by atoms with Crippen LogP contribution in [0.25, 0.3) is 0 Å². The maximum atomic E-state index is 12.4. The molecule has 146 valence electrons. The number of carbonyl (C=O) groups excluding carboxylic acids is 1. The van der Waals surface area contributed by atoms with Crippen molar-refractivity contribution in [1.82, 2.24) is 14.6 Å². The van der Waals surface area contributed by atoms with Crippen molar-refractivity contribution in [3.05, 3.63) is 53.3 Å². The highest BCUT2D eigenvalue weighted by atomic mass is 32.2. The number of carbonyl (C=O) groups is 1. The number of rotatable bonds is 7. The fourth-order valence-corrected chi connectivity index (χ4v) is 4.35. The zero-order valence-electron chi connectivity index (χ0n) is 15.6. The van der Waals surface area contributed by atoms with Gasteiger partial charge in [0.2, 0.25) is 10.0 Å². The molecule has 0 aliphatic carbocycles. The maximum Gasteiger partial charge on any atom is 0.354 e. The van der Waals surface area contributed by atoms with Crippen molar-refractivity contribution in [2.75, 3.05) is 26.7 Å². The lowest BCUT2D eigenvalue weighted by atomic mass is 10.1. The second kappa shape index (κ2) is 8.24. The van der Waals surface area contributed by atoms with Gasteiger partial charge in [0.05, 0.1) is 7.11 Å². The Morgan fingerprint density at radius 3 is 2.78 bits per heavy atom. The molecule has 1 aromatic heterocycles. The van der Waals surface area contributed by atoms with Crippen molar-refractivity contribution < 1.29 is 17.9 Å². The first kappa shape index (κ1) is 19.6. The first-order chi connectivity index (χ1) is 12.9. The van der Waals surface area contributed by atoms with Crippen LogP contribution < -0.4 is 4.72 Å². The van der Waals surface area contributed by atoms with Crippen molar-refractivity contribution in [3.63, 3.8) is 0 Å². The summed E-state index contributed by atoms with van der Waals surface area (Å²) in [7, 11) is -2.41. The zero-order valence-corrected chi connectivity index (χ0v) is 16.4. The van der Waals surface area contributed by atoms with Crippen LogP contribution in [0.2, 0.25) is 0 Å². The fraction of sp³-hybridized carbons (Fsp3) is 0.421. The minimum atomic E-state index is -3.66. The summed E-state index contributed by atoms with van der Waals surface area (Å²) >= 11 is 0. The van der Waals surface area contributed by atoms with Gasteiger partial charge in [-0.1, -0.05) is 29.8 Å². The molecule has 0 amide bonds. The van der Waals surface area contributed by atoms with E-state index in [2.05, 4.69) is 50.5 Å². The van der Waals surface area contributed by atoms with Gasteiger partial charge in [0.25, 0.3) is 0 Å². The summed E-state index contributed by atoms with van der Waals surface area (Å²) in [5, 5.41) is 0. The Bertz CT molecular complexity index is 890. The van der Waals surface area contributed by atoms with Crippen LogP contribution in [-0.4, -0.2) is 51.0 Å². The van der Waals surface area contributed by atoms with Gasteiger partial charge in [-0.05, 0) is 37.4 Å². The van der Waals surface area contributed by atoms with Crippen molar-refractivity contribution in [2.45, 2.75) is 24.8 Å². The molecule has 27 heavy (non-hydrogen) atoms. The Labute approximate surface area is 159 Å². The molecule has 0 radical (unpaired) electrons. The number of methoxy groups -OCH3 is 1. The molecule has 1 fully saturated rings. The molecule has 0 saturated carbocycles. The molecule has 1 aliphatic heterocycles. The number of aryl methyl sites for hydroxylation is 1. The number of esters is 1. The number of aromatic amines is 1. The Balaban J connectivity index is 1.52. The van der Waals surface area contributed by atoms with Crippen LogP contribution in [0.5, 0.6) is 0 Å². The standard InChI is InChI=1S/C19H25N3O4S/c1-14-3-5-15(6-4-14)12-22-8-7-16(13-22)10-21-27(24,25)17-9-18(20-11-17)19(23)26-2/h3-6,9,11,16,20-21H,7-8,10,12-13H2,1-2H3.